The molecule has 0 amide bonds. The molecule has 0 aliphatic rings. The molecule has 2 N–H and O–H groups in total. The van der Waals surface area contributed by atoms with Crippen LogP contribution in [0.1, 0.15) is 41.9 Å². The second kappa shape index (κ2) is 6.45. The minimum Gasteiger partial charge on any atom is -0.507 e. The molecule has 1 aromatic carbocycles. The van der Waals surface area contributed by atoms with Crippen molar-refractivity contribution in [3.8, 4) is 18.1 Å². The predicted octanol–water partition coefficient (Wildman–Crippen LogP) is 4.43. The van der Waals surface area contributed by atoms with Gasteiger partial charge in [0.15, 0.2) is 0 Å². The summed E-state index contributed by atoms with van der Waals surface area (Å²) in [5, 5.41) is 19.3. The Balaban J connectivity index is 2.58. The number of allylic oxidation sites excluding steroid dienone is 3. The summed E-state index contributed by atoms with van der Waals surface area (Å²) in [6.45, 7) is 8.13. The Labute approximate surface area is 134 Å². The third-order valence-corrected chi connectivity index (χ3v) is 3.74. The van der Waals surface area contributed by atoms with Crippen LogP contribution in [0.3, 0.4) is 0 Å². The lowest BCUT2D eigenvalue weighted by Crippen LogP contribution is -1.96. The summed E-state index contributed by atoms with van der Waals surface area (Å²) < 4.78 is 5.69. The van der Waals surface area contributed by atoms with Crippen LogP contribution in [0.4, 0.5) is 0 Å². The molecule has 118 valence electrons. The highest BCUT2D eigenvalue weighted by molar-refractivity contribution is 5.99. The van der Waals surface area contributed by atoms with Crippen LogP contribution in [0.15, 0.2) is 35.3 Å². The number of phenols is 1. The van der Waals surface area contributed by atoms with Gasteiger partial charge in [0, 0.05) is 17.0 Å². The molecule has 2 rings (SSSR count). The van der Waals surface area contributed by atoms with Crippen molar-refractivity contribution in [2.75, 3.05) is 0 Å². The van der Waals surface area contributed by atoms with Crippen molar-refractivity contribution in [3.63, 3.8) is 0 Å². The number of benzene rings is 1. The van der Waals surface area contributed by atoms with Crippen LogP contribution in [0.5, 0.6) is 5.75 Å². The molecule has 0 spiro atoms. The standard InChI is InChI=1S/C19H18O4/c1-5-11(3)7-8-12(4)18-13(6-2)14-9-15(19(21)22)16(20)10-17(14)23-18/h2,7-11,20H,4-5H2,1,3H3,(H,21,22)/b8-7-. The van der Waals surface area contributed by atoms with E-state index >= 15 is 0 Å². The van der Waals surface area contributed by atoms with Crippen molar-refractivity contribution < 1.29 is 19.4 Å². The van der Waals surface area contributed by atoms with Crippen molar-refractivity contribution in [3.05, 3.63) is 47.8 Å². The van der Waals surface area contributed by atoms with E-state index in [9.17, 15) is 9.90 Å². The third-order valence-electron chi connectivity index (χ3n) is 3.74. The first-order valence-electron chi connectivity index (χ1n) is 7.25. The fourth-order valence-electron chi connectivity index (χ4n) is 2.17. The highest BCUT2D eigenvalue weighted by atomic mass is 16.4. The van der Waals surface area contributed by atoms with Gasteiger partial charge in [0.1, 0.15) is 22.7 Å². The largest absolute Gasteiger partial charge is 0.507 e. The first kappa shape index (κ1) is 16.4. The zero-order chi connectivity index (χ0) is 17.1. The molecular formula is C19H18O4. The Morgan fingerprint density at radius 1 is 1.52 bits per heavy atom. The SMILES string of the molecule is C#Cc1c(C(=C)/C=C\C(C)CC)oc2cc(O)c(C(=O)O)cc12. The monoisotopic (exact) mass is 310 g/mol. The molecule has 0 saturated carbocycles. The molecule has 0 radical (unpaired) electrons. The molecule has 0 bridgehead atoms. The van der Waals surface area contributed by atoms with Gasteiger partial charge in [-0.25, -0.2) is 4.79 Å². The number of aromatic carboxylic acids is 1. The molecule has 2 aromatic rings. The van der Waals surface area contributed by atoms with E-state index in [4.69, 9.17) is 15.9 Å². The van der Waals surface area contributed by atoms with Gasteiger partial charge in [-0.15, -0.1) is 6.42 Å². The molecule has 1 heterocycles. The lowest BCUT2D eigenvalue weighted by molar-refractivity contribution is 0.0694. The van der Waals surface area contributed by atoms with Crippen LogP contribution in [0, 0.1) is 18.3 Å². The Kier molecular flexibility index (Phi) is 4.61. The van der Waals surface area contributed by atoms with E-state index in [-0.39, 0.29) is 11.3 Å². The smallest absolute Gasteiger partial charge is 0.339 e. The number of fused-ring (bicyclic) bond motifs is 1. The molecule has 1 aromatic heterocycles. The maximum atomic E-state index is 11.1. The van der Waals surface area contributed by atoms with Crippen molar-refractivity contribution >= 4 is 22.5 Å². The maximum absolute atomic E-state index is 11.1. The van der Waals surface area contributed by atoms with Crippen molar-refractivity contribution in [1.29, 1.82) is 0 Å². The first-order chi connectivity index (χ1) is 10.9. The van der Waals surface area contributed by atoms with Gasteiger partial charge in [-0.3, -0.25) is 0 Å². The molecule has 4 heteroatoms. The van der Waals surface area contributed by atoms with Gasteiger partial charge in [0.25, 0.3) is 0 Å². The molecule has 0 aliphatic carbocycles. The number of carboxylic acid groups (broad SMARTS) is 1. The quantitative estimate of drug-likeness (QED) is 0.633. The van der Waals surface area contributed by atoms with Gasteiger partial charge in [0.05, 0.1) is 5.56 Å². The van der Waals surface area contributed by atoms with Gasteiger partial charge >= 0.3 is 5.97 Å². The van der Waals surface area contributed by atoms with E-state index in [1.54, 1.807) is 0 Å². The van der Waals surface area contributed by atoms with Gasteiger partial charge < -0.3 is 14.6 Å². The molecule has 0 saturated heterocycles. The number of furan rings is 1. The molecule has 1 atom stereocenters. The lowest BCUT2D eigenvalue weighted by Gasteiger charge is -2.01. The van der Waals surface area contributed by atoms with Gasteiger partial charge in [-0.2, -0.15) is 0 Å². The van der Waals surface area contributed by atoms with E-state index in [1.807, 2.05) is 12.2 Å². The summed E-state index contributed by atoms with van der Waals surface area (Å²) >= 11 is 0. The van der Waals surface area contributed by atoms with E-state index in [1.165, 1.54) is 12.1 Å². The third kappa shape index (κ3) is 3.14. The van der Waals surface area contributed by atoms with E-state index in [0.717, 1.165) is 6.42 Å². The maximum Gasteiger partial charge on any atom is 0.339 e. The minimum atomic E-state index is -1.23. The number of hydrogen-bond acceptors (Lipinski definition) is 3. The summed E-state index contributed by atoms with van der Waals surface area (Å²) in [6, 6.07) is 2.58. The van der Waals surface area contributed by atoms with Crippen LogP contribution in [-0.2, 0) is 0 Å². The average Bonchev–Trinajstić information content (AvgIpc) is 2.88. The highest BCUT2D eigenvalue weighted by Crippen LogP contribution is 2.34. The van der Waals surface area contributed by atoms with Crippen molar-refractivity contribution in [2.24, 2.45) is 5.92 Å². The zero-order valence-corrected chi connectivity index (χ0v) is 13.1. The zero-order valence-electron chi connectivity index (χ0n) is 13.1. The summed E-state index contributed by atoms with van der Waals surface area (Å²) in [5.74, 6) is 1.73. The van der Waals surface area contributed by atoms with E-state index < -0.39 is 5.97 Å². The molecule has 1 unspecified atom stereocenters. The Bertz CT molecular complexity index is 846. The molecule has 4 nitrogen and oxygen atoms in total. The second-order valence-electron chi connectivity index (χ2n) is 5.39. The molecular weight excluding hydrogens is 292 g/mol. The van der Waals surface area contributed by atoms with Crippen LogP contribution in [0.25, 0.3) is 16.5 Å². The Morgan fingerprint density at radius 2 is 2.22 bits per heavy atom. The Hall–Kier alpha value is -2.93. The minimum absolute atomic E-state index is 0.220. The molecule has 0 aliphatic heterocycles. The van der Waals surface area contributed by atoms with Crippen LogP contribution in [-0.4, -0.2) is 16.2 Å². The average molecular weight is 310 g/mol. The van der Waals surface area contributed by atoms with Gasteiger partial charge in [0.2, 0.25) is 0 Å². The van der Waals surface area contributed by atoms with Crippen molar-refractivity contribution in [2.45, 2.75) is 20.3 Å². The fraction of sp³-hybridized carbons (Fsp3) is 0.211. The number of carboxylic acids is 1. The lowest BCUT2D eigenvalue weighted by atomic mass is 10.0. The van der Waals surface area contributed by atoms with Gasteiger partial charge in [-0.05, 0) is 12.0 Å². The fourth-order valence-corrected chi connectivity index (χ4v) is 2.17. The molecule has 0 fully saturated rings. The van der Waals surface area contributed by atoms with E-state index in [2.05, 4.69) is 26.3 Å². The number of rotatable bonds is 5. The summed E-state index contributed by atoms with van der Waals surface area (Å²) in [5.41, 5.74) is 1.14. The summed E-state index contributed by atoms with van der Waals surface area (Å²) in [4.78, 5) is 11.1. The number of terminal acetylenes is 1. The number of carbonyl (C=O) groups is 1. The van der Waals surface area contributed by atoms with E-state index in [0.29, 0.717) is 33.8 Å². The van der Waals surface area contributed by atoms with Crippen molar-refractivity contribution in [1.82, 2.24) is 0 Å². The summed E-state index contributed by atoms with van der Waals surface area (Å²) in [7, 11) is 0. The van der Waals surface area contributed by atoms with Crippen LogP contribution in [0.2, 0.25) is 0 Å². The number of aromatic hydroxyl groups is 1. The predicted molar refractivity (Wildman–Crippen MR) is 90.4 cm³/mol. The van der Waals surface area contributed by atoms with Crippen LogP contribution >= 0.6 is 0 Å². The van der Waals surface area contributed by atoms with Crippen LogP contribution < -0.4 is 0 Å². The Morgan fingerprint density at radius 3 is 2.78 bits per heavy atom. The summed E-state index contributed by atoms with van der Waals surface area (Å²) in [6.07, 6.45) is 10.4. The van der Waals surface area contributed by atoms with Gasteiger partial charge in [-0.1, -0.05) is 44.9 Å². The first-order valence-corrected chi connectivity index (χ1v) is 7.25. The highest BCUT2D eigenvalue weighted by Gasteiger charge is 2.19. The molecule has 23 heavy (non-hydrogen) atoms. The second-order valence-corrected chi connectivity index (χ2v) is 5.39. The number of hydrogen-bond donors (Lipinski definition) is 2. The topological polar surface area (TPSA) is 70.7 Å². The normalized spacial score (nSPS) is 12.4.